The molecule has 1 aromatic rings. The van der Waals surface area contributed by atoms with Crippen molar-refractivity contribution in [3.05, 3.63) is 35.4 Å². The molecular formula is C16H19FO2. The number of benzene rings is 1. The van der Waals surface area contributed by atoms with Gasteiger partial charge in [0.15, 0.2) is 6.17 Å². The topological polar surface area (TPSA) is 26.3 Å². The third-order valence-electron chi connectivity index (χ3n) is 2.76. The zero-order chi connectivity index (χ0) is 14.1. The first-order chi connectivity index (χ1) is 9.19. The average Bonchev–Trinajstić information content (AvgIpc) is 2.45. The predicted molar refractivity (Wildman–Crippen MR) is 73.7 cm³/mol. The Balaban J connectivity index is 2.74. The lowest BCUT2D eigenvalue weighted by molar-refractivity contribution is 0.0600. The Kier molecular flexibility index (Phi) is 6.67. The van der Waals surface area contributed by atoms with Crippen molar-refractivity contribution in [2.75, 3.05) is 7.11 Å². The van der Waals surface area contributed by atoms with Crippen LogP contribution in [0.25, 0.3) is 0 Å². The minimum absolute atomic E-state index is 0.373. The molecule has 1 unspecified atom stereocenters. The van der Waals surface area contributed by atoms with E-state index in [-0.39, 0.29) is 0 Å². The summed E-state index contributed by atoms with van der Waals surface area (Å²) in [5, 5.41) is 0. The van der Waals surface area contributed by atoms with E-state index in [2.05, 4.69) is 23.5 Å². The number of alkyl halides is 1. The quantitative estimate of drug-likeness (QED) is 0.459. The largest absolute Gasteiger partial charge is 0.465 e. The number of hydrogen-bond acceptors (Lipinski definition) is 2. The van der Waals surface area contributed by atoms with Gasteiger partial charge in [-0.2, -0.15) is 0 Å². The zero-order valence-electron chi connectivity index (χ0n) is 11.4. The minimum atomic E-state index is -1.14. The van der Waals surface area contributed by atoms with Crippen molar-refractivity contribution in [1.82, 2.24) is 0 Å². The normalized spacial score (nSPS) is 11.3. The van der Waals surface area contributed by atoms with E-state index in [1.54, 1.807) is 24.3 Å². The molecule has 0 bridgehead atoms. The monoisotopic (exact) mass is 262 g/mol. The minimum Gasteiger partial charge on any atom is -0.465 e. The zero-order valence-corrected chi connectivity index (χ0v) is 11.4. The predicted octanol–water partition coefficient (Wildman–Crippen LogP) is 3.74. The second-order valence-electron chi connectivity index (χ2n) is 4.27. The number of carbonyl (C=O) groups excluding carboxylic acids is 1. The summed E-state index contributed by atoms with van der Waals surface area (Å²) in [6.45, 7) is 2.07. The van der Waals surface area contributed by atoms with Crippen LogP contribution in [0.1, 0.15) is 48.5 Å². The van der Waals surface area contributed by atoms with Gasteiger partial charge in [0, 0.05) is 5.56 Å². The van der Waals surface area contributed by atoms with Gasteiger partial charge in [0.25, 0.3) is 0 Å². The van der Waals surface area contributed by atoms with Crippen molar-refractivity contribution in [3.63, 3.8) is 0 Å². The Morgan fingerprint density at radius 2 is 2.11 bits per heavy atom. The van der Waals surface area contributed by atoms with E-state index in [0.717, 1.165) is 19.3 Å². The van der Waals surface area contributed by atoms with Crippen LogP contribution in [0.15, 0.2) is 24.3 Å². The molecule has 19 heavy (non-hydrogen) atoms. The first kappa shape index (κ1) is 15.2. The number of hydrogen-bond donors (Lipinski definition) is 0. The molecule has 102 valence electrons. The fourth-order valence-corrected chi connectivity index (χ4v) is 1.68. The Morgan fingerprint density at radius 3 is 2.79 bits per heavy atom. The Labute approximate surface area is 114 Å². The summed E-state index contributed by atoms with van der Waals surface area (Å²) in [7, 11) is 1.31. The fraction of sp³-hybridized carbons (Fsp3) is 0.438. The Morgan fingerprint density at radius 1 is 1.37 bits per heavy atom. The third kappa shape index (κ3) is 5.13. The first-order valence-electron chi connectivity index (χ1n) is 6.52. The van der Waals surface area contributed by atoms with Crippen LogP contribution in [0.3, 0.4) is 0 Å². The second-order valence-corrected chi connectivity index (χ2v) is 4.27. The van der Waals surface area contributed by atoms with Crippen molar-refractivity contribution in [2.45, 2.75) is 38.8 Å². The Hall–Kier alpha value is -1.82. The molecule has 0 amide bonds. The highest BCUT2D eigenvalue weighted by atomic mass is 19.1. The molecule has 0 fully saturated rings. The molecule has 1 rings (SSSR count). The SMILES string of the molecule is CCCCCC(F)C#Cc1ccccc1C(=O)OC. The molecule has 0 saturated heterocycles. The van der Waals surface area contributed by atoms with E-state index in [0.29, 0.717) is 17.5 Å². The van der Waals surface area contributed by atoms with Gasteiger partial charge in [0.1, 0.15) is 0 Å². The van der Waals surface area contributed by atoms with Crippen molar-refractivity contribution >= 4 is 5.97 Å². The molecule has 0 aliphatic heterocycles. The number of unbranched alkanes of at least 4 members (excludes halogenated alkanes) is 2. The van der Waals surface area contributed by atoms with Crippen LogP contribution >= 0.6 is 0 Å². The highest BCUT2D eigenvalue weighted by molar-refractivity contribution is 5.92. The van der Waals surface area contributed by atoms with Gasteiger partial charge in [0.2, 0.25) is 0 Å². The van der Waals surface area contributed by atoms with E-state index >= 15 is 0 Å². The Bertz CT molecular complexity index is 471. The van der Waals surface area contributed by atoms with Crippen molar-refractivity contribution in [1.29, 1.82) is 0 Å². The van der Waals surface area contributed by atoms with Crippen molar-refractivity contribution < 1.29 is 13.9 Å². The van der Waals surface area contributed by atoms with Crippen LogP contribution in [0.5, 0.6) is 0 Å². The van der Waals surface area contributed by atoms with E-state index < -0.39 is 12.1 Å². The van der Waals surface area contributed by atoms with Crippen molar-refractivity contribution in [3.8, 4) is 11.8 Å². The maximum Gasteiger partial charge on any atom is 0.339 e. The molecule has 1 aromatic carbocycles. The summed E-state index contributed by atoms with van der Waals surface area (Å²) < 4.78 is 18.2. The highest BCUT2D eigenvalue weighted by Crippen LogP contribution is 2.10. The van der Waals surface area contributed by atoms with Gasteiger partial charge < -0.3 is 4.74 Å². The fourth-order valence-electron chi connectivity index (χ4n) is 1.68. The van der Waals surface area contributed by atoms with Crippen LogP contribution in [-0.4, -0.2) is 19.3 Å². The number of esters is 1. The van der Waals surface area contributed by atoms with Crippen LogP contribution in [0.4, 0.5) is 4.39 Å². The van der Waals surface area contributed by atoms with Crippen LogP contribution in [0.2, 0.25) is 0 Å². The number of carbonyl (C=O) groups is 1. The van der Waals surface area contributed by atoms with E-state index in [4.69, 9.17) is 0 Å². The van der Waals surface area contributed by atoms with E-state index in [1.807, 2.05) is 0 Å². The van der Waals surface area contributed by atoms with E-state index in [9.17, 15) is 9.18 Å². The second kappa shape index (κ2) is 8.31. The molecule has 0 saturated carbocycles. The summed E-state index contributed by atoms with van der Waals surface area (Å²) in [6.07, 6.45) is 2.22. The average molecular weight is 262 g/mol. The molecule has 3 heteroatoms. The molecule has 1 atom stereocenters. The third-order valence-corrected chi connectivity index (χ3v) is 2.76. The van der Waals surface area contributed by atoms with Gasteiger partial charge in [-0.15, -0.1) is 0 Å². The van der Waals surface area contributed by atoms with Gasteiger partial charge in [-0.25, -0.2) is 9.18 Å². The maximum atomic E-state index is 13.5. The standard InChI is InChI=1S/C16H19FO2/c1-3-4-5-9-14(17)12-11-13-8-6-7-10-15(13)16(18)19-2/h6-8,10,14H,3-5,9H2,1-2H3. The van der Waals surface area contributed by atoms with Gasteiger partial charge in [-0.05, 0) is 25.0 Å². The molecule has 0 radical (unpaired) electrons. The molecule has 0 aliphatic carbocycles. The molecule has 2 nitrogen and oxygen atoms in total. The molecule has 0 aromatic heterocycles. The lowest BCUT2D eigenvalue weighted by atomic mass is 10.1. The van der Waals surface area contributed by atoms with Gasteiger partial charge in [0.05, 0.1) is 12.7 Å². The van der Waals surface area contributed by atoms with Crippen LogP contribution < -0.4 is 0 Å². The summed E-state index contributed by atoms with van der Waals surface area (Å²) >= 11 is 0. The van der Waals surface area contributed by atoms with Gasteiger partial charge in [-0.1, -0.05) is 43.7 Å². The lowest BCUT2D eigenvalue weighted by Crippen LogP contribution is -2.04. The number of ether oxygens (including phenoxy) is 1. The maximum absolute atomic E-state index is 13.5. The lowest BCUT2D eigenvalue weighted by Gasteiger charge is -2.02. The van der Waals surface area contributed by atoms with E-state index in [1.165, 1.54) is 7.11 Å². The van der Waals surface area contributed by atoms with Crippen LogP contribution in [-0.2, 0) is 4.74 Å². The first-order valence-corrected chi connectivity index (χ1v) is 6.52. The molecule has 0 spiro atoms. The van der Waals surface area contributed by atoms with Gasteiger partial charge >= 0.3 is 5.97 Å². The molecular weight excluding hydrogens is 243 g/mol. The smallest absolute Gasteiger partial charge is 0.339 e. The summed E-state index contributed by atoms with van der Waals surface area (Å²) in [5.74, 6) is 4.83. The van der Waals surface area contributed by atoms with Crippen molar-refractivity contribution in [2.24, 2.45) is 0 Å². The summed E-state index contributed by atoms with van der Waals surface area (Å²) in [6, 6.07) is 6.81. The highest BCUT2D eigenvalue weighted by Gasteiger charge is 2.09. The van der Waals surface area contributed by atoms with Gasteiger partial charge in [-0.3, -0.25) is 0 Å². The number of halogens is 1. The molecule has 0 heterocycles. The summed E-state index contributed by atoms with van der Waals surface area (Å²) in [4.78, 5) is 11.5. The molecule has 0 aliphatic rings. The summed E-state index contributed by atoms with van der Waals surface area (Å²) in [5.41, 5.74) is 0.880. The molecule has 0 N–H and O–H groups in total. The number of methoxy groups -OCH3 is 1. The number of rotatable bonds is 5. The van der Waals surface area contributed by atoms with Crippen LogP contribution in [0, 0.1) is 11.8 Å².